The maximum atomic E-state index is 12.9. The molecule has 6 nitrogen and oxygen atoms in total. The van der Waals surface area contributed by atoms with E-state index in [1.165, 1.54) is 18.1 Å². The molecule has 0 fully saturated rings. The van der Waals surface area contributed by atoms with Gasteiger partial charge in [0.2, 0.25) is 5.91 Å². The molecule has 0 aliphatic rings. The highest BCUT2D eigenvalue weighted by atomic mass is 32.2. The molecule has 28 heavy (non-hydrogen) atoms. The molecule has 0 saturated carbocycles. The highest BCUT2D eigenvalue weighted by molar-refractivity contribution is 8.00. The fraction of sp³-hybridized carbons (Fsp3) is 0.143. The molecule has 2 heterocycles. The third-order valence-electron chi connectivity index (χ3n) is 4.33. The van der Waals surface area contributed by atoms with Gasteiger partial charge in [0.05, 0.1) is 17.3 Å². The van der Waals surface area contributed by atoms with Crippen LogP contribution < -0.4 is 0 Å². The molecule has 2 aromatic carbocycles. The first-order chi connectivity index (χ1) is 13.6. The average Bonchev–Trinajstić information content (AvgIpc) is 3.17. The van der Waals surface area contributed by atoms with Crippen LogP contribution in [0.1, 0.15) is 10.8 Å². The topological polar surface area (TPSA) is 63.9 Å². The lowest BCUT2D eigenvalue weighted by Crippen LogP contribution is -2.26. The van der Waals surface area contributed by atoms with Crippen LogP contribution in [0.2, 0.25) is 0 Å². The van der Waals surface area contributed by atoms with Crippen molar-refractivity contribution in [3.8, 4) is 5.69 Å². The second-order valence-corrected chi connectivity index (χ2v) is 7.54. The Hall–Kier alpha value is -3.19. The lowest BCUT2D eigenvalue weighted by molar-refractivity contribution is -0.128. The largest absolute Gasteiger partial charge is 0.348 e. The second kappa shape index (κ2) is 7.82. The van der Waals surface area contributed by atoms with Gasteiger partial charge in [-0.05, 0) is 17.7 Å². The van der Waals surface area contributed by atoms with Gasteiger partial charge in [-0.1, -0.05) is 60.3 Å². The van der Waals surface area contributed by atoms with Gasteiger partial charge in [-0.3, -0.25) is 4.79 Å². The summed E-state index contributed by atoms with van der Waals surface area (Å²) >= 11 is 1.42. The van der Waals surface area contributed by atoms with E-state index in [2.05, 4.69) is 15.1 Å². The predicted molar refractivity (Wildman–Crippen MR) is 110 cm³/mol. The van der Waals surface area contributed by atoms with E-state index in [9.17, 15) is 4.79 Å². The van der Waals surface area contributed by atoms with Crippen molar-refractivity contribution in [2.75, 3.05) is 14.1 Å². The normalized spacial score (nSPS) is 12.1. The standard InChI is InChI=1S/C21H19N5OS/c1-25(2)21(27)18(15-9-5-3-6-10-15)28-20-17-13-24-26(19(17)22-14-23-20)16-11-7-4-8-12-16/h3-14,18H,1-2H3. The summed E-state index contributed by atoms with van der Waals surface area (Å²) in [6.07, 6.45) is 3.28. The molecule has 0 radical (unpaired) electrons. The molecular weight excluding hydrogens is 370 g/mol. The molecule has 0 saturated heterocycles. The third-order valence-corrected chi connectivity index (χ3v) is 5.58. The van der Waals surface area contributed by atoms with Crippen molar-refractivity contribution in [3.05, 3.63) is 78.8 Å². The lowest BCUT2D eigenvalue weighted by atomic mass is 10.1. The van der Waals surface area contributed by atoms with Gasteiger partial charge in [0, 0.05) is 14.1 Å². The van der Waals surface area contributed by atoms with Crippen molar-refractivity contribution in [1.29, 1.82) is 0 Å². The lowest BCUT2D eigenvalue weighted by Gasteiger charge is -2.20. The quantitative estimate of drug-likeness (QED) is 0.384. The number of benzene rings is 2. The number of likely N-dealkylation sites (N-methyl/N-ethyl adjacent to an activating group) is 1. The first-order valence-electron chi connectivity index (χ1n) is 8.82. The van der Waals surface area contributed by atoms with Crippen LogP contribution in [0.3, 0.4) is 0 Å². The molecule has 4 rings (SSSR count). The van der Waals surface area contributed by atoms with E-state index in [4.69, 9.17) is 0 Å². The number of carbonyl (C=O) groups excluding carboxylic acids is 1. The van der Waals surface area contributed by atoms with Crippen LogP contribution in [0.15, 0.2) is 78.2 Å². The molecule has 0 N–H and O–H groups in total. The van der Waals surface area contributed by atoms with Crippen LogP contribution in [0.25, 0.3) is 16.7 Å². The zero-order chi connectivity index (χ0) is 19.5. The molecule has 140 valence electrons. The molecule has 0 aliphatic carbocycles. The molecule has 0 aliphatic heterocycles. The summed E-state index contributed by atoms with van der Waals surface area (Å²) < 4.78 is 1.78. The summed E-state index contributed by atoms with van der Waals surface area (Å²) in [5.74, 6) is 0.0124. The minimum atomic E-state index is -0.394. The van der Waals surface area contributed by atoms with E-state index in [-0.39, 0.29) is 5.91 Å². The molecule has 4 aromatic rings. The Labute approximate surface area is 167 Å². The van der Waals surface area contributed by atoms with Gasteiger partial charge in [-0.2, -0.15) is 5.10 Å². The summed E-state index contributed by atoms with van der Waals surface area (Å²) in [5, 5.41) is 5.65. The van der Waals surface area contributed by atoms with Gasteiger partial charge >= 0.3 is 0 Å². The number of aromatic nitrogens is 4. The highest BCUT2D eigenvalue weighted by Gasteiger charge is 2.25. The molecule has 0 bridgehead atoms. The number of rotatable bonds is 5. The molecule has 0 spiro atoms. The van der Waals surface area contributed by atoms with Crippen LogP contribution >= 0.6 is 11.8 Å². The van der Waals surface area contributed by atoms with Crippen molar-refractivity contribution in [2.24, 2.45) is 0 Å². The first-order valence-corrected chi connectivity index (χ1v) is 9.70. The Balaban J connectivity index is 1.76. The second-order valence-electron chi connectivity index (χ2n) is 6.45. The van der Waals surface area contributed by atoms with Gasteiger partial charge < -0.3 is 4.90 Å². The predicted octanol–water partition coefficient (Wildman–Crippen LogP) is 3.74. The summed E-state index contributed by atoms with van der Waals surface area (Å²) in [4.78, 5) is 23.3. The average molecular weight is 389 g/mol. The smallest absolute Gasteiger partial charge is 0.240 e. The zero-order valence-corrected chi connectivity index (χ0v) is 16.4. The Morgan fingerprint density at radius 1 is 1.00 bits per heavy atom. The number of para-hydroxylation sites is 1. The minimum Gasteiger partial charge on any atom is -0.348 e. The number of amides is 1. The van der Waals surface area contributed by atoms with Gasteiger partial charge in [-0.25, -0.2) is 14.6 Å². The van der Waals surface area contributed by atoms with Crippen molar-refractivity contribution in [2.45, 2.75) is 10.3 Å². The van der Waals surface area contributed by atoms with E-state index >= 15 is 0 Å². The van der Waals surface area contributed by atoms with Gasteiger partial charge in [0.25, 0.3) is 0 Å². The van der Waals surface area contributed by atoms with Crippen LogP contribution in [-0.4, -0.2) is 44.7 Å². The monoisotopic (exact) mass is 389 g/mol. The summed E-state index contributed by atoms with van der Waals surface area (Å²) in [7, 11) is 3.53. The number of fused-ring (bicyclic) bond motifs is 1. The number of carbonyl (C=O) groups is 1. The van der Waals surface area contributed by atoms with Crippen LogP contribution in [0.4, 0.5) is 0 Å². The minimum absolute atomic E-state index is 0.0124. The fourth-order valence-electron chi connectivity index (χ4n) is 2.91. The third kappa shape index (κ3) is 3.48. The summed E-state index contributed by atoms with van der Waals surface area (Å²) in [6.45, 7) is 0. The number of nitrogens with zero attached hydrogens (tertiary/aromatic N) is 5. The molecular formula is C21H19N5OS. The Morgan fingerprint density at radius 2 is 1.68 bits per heavy atom. The van der Waals surface area contributed by atoms with Crippen molar-refractivity contribution in [3.63, 3.8) is 0 Å². The van der Waals surface area contributed by atoms with Gasteiger partial charge in [0.15, 0.2) is 5.65 Å². The maximum absolute atomic E-state index is 12.9. The number of hydrogen-bond donors (Lipinski definition) is 0. The molecule has 7 heteroatoms. The Bertz CT molecular complexity index is 1100. The molecule has 1 atom stereocenters. The highest BCUT2D eigenvalue weighted by Crippen LogP contribution is 2.38. The first kappa shape index (κ1) is 18.2. The van der Waals surface area contributed by atoms with Crippen molar-refractivity contribution >= 4 is 28.7 Å². The van der Waals surface area contributed by atoms with Crippen LogP contribution in [0, 0.1) is 0 Å². The SMILES string of the molecule is CN(C)C(=O)C(Sc1ncnc2c1cnn2-c1ccccc1)c1ccccc1. The van der Waals surface area contributed by atoms with Gasteiger partial charge in [-0.15, -0.1) is 0 Å². The van der Waals surface area contributed by atoms with E-state index < -0.39 is 5.25 Å². The Kier molecular flexibility index (Phi) is 5.08. The van der Waals surface area contributed by atoms with E-state index in [0.717, 1.165) is 21.7 Å². The molecule has 1 amide bonds. The fourth-order valence-corrected chi connectivity index (χ4v) is 4.12. The molecule has 2 aromatic heterocycles. The van der Waals surface area contributed by atoms with Crippen LogP contribution in [-0.2, 0) is 4.79 Å². The summed E-state index contributed by atoms with van der Waals surface area (Å²) in [6, 6.07) is 19.6. The summed E-state index contributed by atoms with van der Waals surface area (Å²) in [5.41, 5.74) is 2.58. The van der Waals surface area contributed by atoms with Gasteiger partial charge in [0.1, 0.15) is 16.6 Å². The number of hydrogen-bond acceptors (Lipinski definition) is 5. The van der Waals surface area contributed by atoms with Crippen LogP contribution in [0.5, 0.6) is 0 Å². The van der Waals surface area contributed by atoms with E-state index in [0.29, 0.717) is 5.65 Å². The van der Waals surface area contributed by atoms with E-state index in [1.807, 2.05) is 60.7 Å². The number of thioether (sulfide) groups is 1. The molecule has 1 unspecified atom stereocenters. The van der Waals surface area contributed by atoms with E-state index in [1.54, 1.807) is 29.9 Å². The Morgan fingerprint density at radius 3 is 2.36 bits per heavy atom. The van der Waals surface area contributed by atoms with Crippen molar-refractivity contribution in [1.82, 2.24) is 24.6 Å². The zero-order valence-electron chi connectivity index (χ0n) is 15.6. The maximum Gasteiger partial charge on any atom is 0.240 e. The van der Waals surface area contributed by atoms with Crippen molar-refractivity contribution < 1.29 is 4.79 Å².